The zero-order valence-corrected chi connectivity index (χ0v) is 23.9. The third-order valence-corrected chi connectivity index (χ3v) is 11.1. The molecule has 4 nitrogen and oxygen atoms in total. The number of carbonyl (C=O) groups is 2. The lowest BCUT2D eigenvalue weighted by atomic mass is 9.91. The molecule has 0 bridgehead atoms. The Labute approximate surface area is 236 Å². The molecular formula is C31H29INO3P. The third kappa shape index (κ3) is 5.07. The van der Waals surface area contributed by atoms with Crippen molar-refractivity contribution < 1.29 is 38.3 Å². The molecule has 6 heteroatoms. The summed E-state index contributed by atoms with van der Waals surface area (Å²) in [6, 6.07) is 39.8. The van der Waals surface area contributed by atoms with Crippen LogP contribution in [-0.4, -0.2) is 28.7 Å². The summed E-state index contributed by atoms with van der Waals surface area (Å²) in [6.07, 6.45) is -0.411. The van der Waals surface area contributed by atoms with Crippen molar-refractivity contribution in [1.29, 1.82) is 0 Å². The van der Waals surface area contributed by atoms with Gasteiger partial charge in [-0.1, -0.05) is 84.9 Å². The van der Waals surface area contributed by atoms with Gasteiger partial charge >= 0.3 is 6.09 Å². The minimum atomic E-state index is -2.45. The van der Waals surface area contributed by atoms with Crippen molar-refractivity contribution in [2.24, 2.45) is 0 Å². The monoisotopic (exact) mass is 621 g/mol. The highest BCUT2D eigenvalue weighted by Gasteiger charge is 2.55. The van der Waals surface area contributed by atoms with Crippen molar-refractivity contribution in [3.8, 4) is 0 Å². The first-order valence-electron chi connectivity index (χ1n) is 12.1. The Morgan fingerprint density at radius 3 is 1.51 bits per heavy atom. The molecule has 1 aliphatic rings. The molecule has 188 valence electrons. The van der Waals surface area contributed by atoms with Crippen molar-refractivity contribution >= 4 is 35.2 Å². The lowest BCUT2D eigenvalue weighted by Crippen LogP contribution is -3.00. The molecule has 1 fully saturated rings. The van der Waals surface area contributed by atoms with E-state index in [4.69, 9.17) is 4.74 Å². The van der Waals surface area contributed by atoms with Crippen LogP contribution >= 0.6 is 7.26 Å². The van der Waals surface area contributed by atoms with E-state index in [-0.39, 0.29) is 36.0 Å². The van der Waals surface area contributed by atoms with Crippen molar-refractivity contribution in [3.05, 3.63) is 127 Å². The average Bonchev–Trinajstić information content (AvgIpc) is 3.17. The van der Waals surface area contributed by atoms with Gasteiger partial charge in [0, 0.05) is 0 Å². The fraction of sp³-hybridized carbons (Fsp3) is 0.161. The summed E-state index contributed by atoms with van der Waals surface area (Å²) in [5, 5.41) is 3.29. The van der Waals surface area contributed by atoms with Crippen LogP contribution in [0.3, 0.4) is 0 Å². The highest BCUT2D eigenvalue weighted by molar-refractivity contribution is 7.96. The van der Waals surface area contributed by atoms with Gasteiger partial charge in [0.1, 0.15) is 34.8 Å². The van der Waals surface area contributed by atoms with Crippen molar-refractivity contribution in [2.75, 3.05) is 6.16 Å². The molecule has 2 amide bonds. The Bertz CT molecular complexity index is 1250. The maximum atomic E-state index is 14.3. The van der Waals surface area contributed by atoms with Crippen molar-refractivity contribution in [1.82, 2.24) is 4.90 Å². The van der Waals surface area contributed by atoms with E-state index in [0.29, 0.717) is 0 Å². The van der Waals surface area contributed by atoms with Crippen LogP contribution in [0.4, 0.5) is 4.79 Å². The maximum Gasteiger partial charge on any atom is 0.417 e. The van der Waals surface area contributed by atoms with Crippen LogP contribution in [0.2, 0.25) is 0 Å². The van der Waals surface area contributed by atoms with Gasteiger partial charge in [0.05, 0.1) is 0 Å². The minimum absolute atomic E-state index is 0. The molecule has 37 heavy (non-hydrogen) atoms. The largest absolute Gasteiger partial charge is 1.00 e. The lowest BCUT2D eigenvalue weighted by molar-refractivity contribution is -0.127. The highest BCUT2D eigenvalue weighted by atomic mass is 127. The van der Waals surface area contributed by atoms with Gasteiger partial charge in [0.2, 0.25) is 0 Å². The SMILES string of the molecule is CC1(C)OC(=O)N(C(=O)C[P+](c2ccccc2)(c2ccccc2)c2ccccc2)[C@@H]1c1ccccc1.[I-]. The molecule has 0 aliphatic carbocycles. The molecule has 0 aromatic heterocycles. The van der Waals surface area contributed by atoms with Crippen LogP contribution in [0.15, 0.2) is 121 Å². The molecule has 0 spiro atoms. The number of hydrogen-bond acceptors (Lipinski definition) is 3. The van der Waals surface area contributed by atoms with Crippen LogP contribution in [0, 0.1) is 0 Å². The maximum absolute atomic E-state index is 14.3. The van der Waals surface area contributed by atoms with E-state index in [0.717, 1.165) is 21.5 Å². The smallest absolute Gasteiger partial charge is 0.417 e. The molecule has 4 aromatic rings. The molecule has 0 unspecified atom stereocenters. The molecule has 0 saturated carbocycles. The molecule has 4 aromatic carbocycles. The first kappa shape index (κ1) is 27.0. The van der Waals surface area contributed by atoms with E-state index in [1.165, 1.54) is 4.90 Å². The minimum Gasteiger partial charge on any atom is -1.00 e. The van der Waals surface area contributed by atoms with Crippen LogP contribution in [0.25, 0.3) is 0 Å². The topological polar surface area (TPSA) is 46.6 Å². The number of amides is 2. The molecule has 0 N–H and O–H groups in total. The predicted molar refractivity (Wildman–Crippen MR) is 147 cm³/mol. The highest BCUT2D eigenvalue weighted by Crippen LogP contribution is 2.56. The van der Waals surface area contributed by atoms with Gasteiger partial charge < -0.3 is 28.7 Å². The van der Waals surface area contributed by atoms with E-state index in [2.05, 4.69) is 36.4 Å². The molecule has 1 aliphatic heterocycles. The molecule has 0 radical (unpaired) electrons. The quantitative estimate of drug-likeness (QED) is 0.246. The van der Waals surface area contributed by atoms with Gasteiger partial charge in [-0.05, 0) is 55.8 Å². The second-order valence-electron chi connectivity index (χ2n) is 9.52. The van der Waals surface area contributed by atoms with Gasteiger partial charge in [0.15, 0.2) is 6.16 Å². The number of imide groups is 1. The third-order valence-electron chi connectivity index (χ3n) is 6.81. The van der Waals surface area contributed by atoms with Crippen molar-refractivity contribution in [3.63, 3.8) is 0 Å². The van der Waals surface area contributed by atoms with Gasteiger partial charge in [-0.15, -0.1) is 0 Å². The molecule has 1 saturated heterocycles. The summed E-state index contributed by atoms with van der Waals surface area (Å²) in [4.78, 5) is 28.9. The molecule has 5 rings (SSSR count). The van der Waals surface area contributed by atoms with Gasteiger partial charge in [-0.2, -0.15) is 0 Å². The Morgan fingerprint density at radius 2 is 1.11 bits per heavy atom. The number of rotatable bonds is 6. The number of carbonyl (C=O) groups excluding carboxylic acids is 2. The second-order valence-corrected chi connectivity index (χ2v) is 13.0. The summed E-state index contributed by atoms with van der Waals surface area (Å²) in [6.45, 7) is 3.73. The van der Waals surface area contributed by atoms with Gasteiger partial charge in [-0.3, -0.25) is 4.79 Å². The Hall–Kier alpha value is -3.02. The first-order chi connectivity index (χ1) is 17.4. The van der Waals surface area contributed by atoms with Crippen LogP contribution in [0.5, 0.6) is 0 Å². The fourth-order valence-corrected chi connectivity index (χ4v) is 9.27. The van der Waals surface area contributed by atoms with Gasteiger partial charge in [-0.25, -0.2) is 9.69 Å². The molecule has 1 atom stereocenters. The Kier molecular flexibility index (Phi) is 8.15. The zero-order chi connectivity index (χ0) is 25.2. The van der Waals surface area contributed by atoms with E-state index in [1.54, 1.807) is 0 Å². The van der Waals surface area contributed by atoms with E-state index < -0.39 is 25.0 Å². The fourth-order valence-electron chi connectivity index (χ4n) is 5.23. The number of cyclic esters (lactones) is 1. The van der Waals surface area contributed by atoms with E-state index >= 15 is 0 Å². The summed E-state index contributed by atoms with van der Waals surface area (Å²) in [5.41, 5.74) is 0.0336. The Balaban J connectivity index is 0.00000320. The summed E-state index contributed by atoms with van der Waals surface area (Å²) in [5.74, 6) is -0.232. The first-order valence-corrected chi connectivity index (χ1v) is 14.1. The second kappa shape index (κ2) is 11.2. The van der Waals surface area contributed by atoms with E-state index in [1.807, 2.05) is 98.8 Å². The summed E-state index contributed by atoms with van der Waals surface area (Å²) < 4.78 is 5.76. The Morgan fingerprint density at radius 1 is 0.730 bits per heavy atom. The summed E-state index contributed by atoms with van der Waals surface area (Å²) in [7, 11) is -2.45. The van der Waals surface area contributed by atoms with Crippen molar-refractivity contribution in [2.45, 2.75) is 25.5 Å². The normalized spacial score (nSPS) is 16.5. The molecular weight excluding hydrogens is 592 g/mol. The standard InChI is InChI=1S/C31H29NO3P.HI/c1-31(2)29(24-15-7-3-8-16-24)32(30(34)35-31)28(33)23-36(25-17-9-4-10-18-25,26-19-11-5-12-20-26)27-21-13-6-14-22-27;/h3-22,29H,23H2,1-2H3;1H/q+1;/p-1/t29-;/m1./s1. The van der Waals surface area contributed by atoms with Gasteiger partial charge in [0.25, 0.3) is 5.91 Å². The van der Waals surface area contributed by atoms with Crippen LogP contribution in [-0.2, 0) is 9.53 Å². The summed E-state index contributed by atoms with van der Waals surface area (Å²) >= 11 is 0. The number of ether oxygens (including phenoxy) is 1. The van der Waals surface area contributed by atoms with Crippen LogP contribution < -0.4 is 39.9 Å². The van der Waals surface area contributed by atoms with Crippen LogP contribution in [0.1, 0.15) is 25.5 Å². The molecule has 1 heterocycles. The zero-order valence-electron chi connectivity index (χ0n) is 20.8. The lowest BCUT2D eigenvalue weighted by Gasteiger charge is -2.31. The number of benzene rings is 4. The average molecular weight is 621 g/mol. The predicted octanol–water partition coefficient (Wildman–Crippen LogP) is 2.48. The number of hydrogen-bond donors (Lipinski definition) is 0. The number of halogens is 1. The van der Waals surface area contributed by atoms with E-state index in [9.17, 15) is 9.59 Å². The number of nitrogens with zero attached hydrogens (tertiary/aromatic N) is 1.